The van der Waals surface area contributed by atoms with E-state index in [1.807, 2.05) is 12.3 Å². The molecule has 1 aliphatic rings. The summed E-state index contributed by atoms with van der Waals surface area (Å²) in [4.78, 5) is 19.3. The highest BCUT2D eigenvalue weighted by Crippen LogP contribution is 2.46. The summed E-state index contributed by atoms with van der Waals surface area (Å²) < 4.78 is 42.9. The van der Waals surface area contributed by atoms with Gasteiger partial charge in [0.2, 0.25) is 12.3 Å². The van der Waals surface area contributed by atoms with E-state index >= 15 is 0 Å². The SMILES string of the molecule is O=CNC1(c2nccc3nn(CCc4ccc(OCC(F)(F)F)nc4)cc23)CC1. The Labute approximate surface area is 163 Å². The minimum absolute atomic E-state index is 0.0657. The van der Waals surface area contributed by atoms with Gasteiger partial charge in [-0.15, -0.1) is 0 Å². The van der Waals surface area contributed by atoms with E-state index in [-0.39, 0.29) is 5.88 Å². The summed E-state index contributed by atoms with van der Waals surface area (Å²) in [6, 6.07) is 4.92. The van der Waals surface area contributed by atoms with Crippen molar-refractivity contribution >= 4 is 17.3 Å². The van der Waals surface area contributed by atoms with Gasteiger partial charge < -0.3 is 10.1 Å². The standard InChI is InChI=1S/C19H18F3N5O2/c20-19(21,22)11-29-16-2-1-13(9-24-16)4-8-27-10-14-15(26-27)3-7-23-17(14)18(5-6-18)25-12-28/h1-3,7,9-10,12H,4-6,8,11H2,(H,25,28). The molecular formula is C19H18F3N5O2. The molecule has 0 spiro atoms. The van der Waals surface area contributed by atoms with Crippen LogP contribution >= 0.6 is 0 Å². The summed E-state index contributed by atoms with van der Waals surface area (Å²) in [5, 5.41) is 8.31. The zero-order chi connectivity index (χ0) is 20.5. The van der Waals surface area contributed by atoms with Crippen molar-refractivity contribution in [2.75, 3.05) is 6.61 Å². The van der Waals surface area contributed by atoms with E-state index in [9.17, 15) is 18.0 Å². The Hall–Kier alpha value is -3.17. The third-order valence-corrected chi connectivity index (χ3v) is 4.83. The van der Waals surface area contributed by atoms with Crippen LogP contribution in [0.15, 0.2) is 36.8 Å². The highest BCUT2D eigenvalue weighted by molar-refractivity contribution is 5.82. The lowest BCUT2D eigenvalue weighted by molar-refractivity contribution is -0.154. The number of rotatable bonds is 8. The van der Waals surface area contributed by atoms with Gasteiger partial charge in [0.05, 0.1) is 16.7 Å². The first-order valence-electron chi connectivity index (χ1n) is 9.07. The van der Waals surface area contributed by atoms with E-state index in [0.717, 1.165) is 35.0 Å². The second-order valence-electron chi connectivity index (χ2n) is 6.99. The maximum Gasteiger partial charge on any atom is 0.422 e. The number of hydrogen-bond donors (Lipinski definition) is 1. The molecule has 0 saturated heterocycles. The quantitative estimate of drug-likeness (QED) is 0.583. The number of nitrogens with one attached hydrogen (secondary N) is 1. The highest BCUT2D eigenvalue weighted by Gasteiger charge is 2.46. The molecular weight excluding hydrogens is 387 g/mol. The predicted molar refractivity (Wildman–Crippen MR) is 97.1 cm³/mol. The molecule has 1 saturated carbocycles. The fourth-order valence-electron chi connectivity index (χ4n) is 3.22. The molecule has 0 unspecified atom stereocenters. The lowest BCUT2D eigenvalue weighted by Crippen LogP contribution is -2.28. The molecule has 3 heterocycles. The molecule has 3 aromatic heterocycles. The largest absolute Gasteiger partial charge is 0.468 e. The van der Waals surface area contributed by atoms with Crippen molar-refractivity contribution in [3.8, 4) is 5.88 Å². The summed E-state index contributed by atoms with van der Waals surface area (Å²) in [7, 11) is 0. The third-order valence-electron chi connectivity index (χ3n) is 4.83. The monoisotopic (exact) mass is 405 g/mol. The number of aromatic nitrogens is 4. The number of pyridine rings is 2. The number of hydrogen-bond acceptors (Lipinski definition) is 5. The number of carbonyl (C=O) groups excluding carboxylic acids is 1. The maximum atomic E-state index is 12.2. The Morgan fingerprint density at radius 2 is 2.07 bits per heavy atom. The number of ether oxygens (including phenoxy) is 1. The smallest absolute Gasteiger partial charge is 0.422 e. The fourth-order valence-corrected chi connectivity index (χ4v) is 3.22. The molecule has 152 valence electrons. The molecule has 1 amide bonds. The maximum absolute atomic E-state index is 12.2. The van der Waals surface area contributed by atoms with E-state index in [1.54, 1.807) is 16.9 Å². The second kappa shape index (κ2) is 7.34. The van der Waals surface area contributed by atoms with Crippen LogP contribution in [0.5, 0.6) is 5.88 Å². The van der Waals surface area contributed by atoms with Gasteiger partial charge >= 0.3 is 6.18 Å². The summed E-state index contributed by atoms with van der Waals surface area (Å²) in [6.45, 7) is -0.803. The van der Waals surface area contributed by atoms with Crippen molar-refractivity contribution < 1.29 is 22.7 Å². The summed E-state index contributed by atoms with van der Waals surface area (Å²) in [5.41, 5.74) is 2.07. The first kappa shape index (κ1) is 19.2. The minimum atomic E-state index is -4.39. The van der Waals surface area contributed by atoms with Crippen molar-refractivity contribution in [2.45, 2.75) is 37.5 Å². The molecule has 0 atom stereocenters. The summed E-state index contributed by atoms with van der Waals surface area (Å²) >= 11 is 0. The molecule has 1 fully saturated rings. The van der Waals surface area contributed by atoms with Gasteiger partial charge in [0.1, 0.15) is 0 Å². The molecule has 10 heteroatoms. The number of amides is 1. The first-order valence-corrected chi connectivity index (χ1v) is 9.07. The van der Waals surface area contributed by atoms with Crippen LogP contribution in [0.3, 0.4) is 0 Å². The number of carbonyl (C=O) groups is 1. The number of nitrogens with zero attached hydrogens (tertiary/aromatic N) is 4. The zero-order valence-corrected chi connectivity index (χ0v) is 15.3. The van der Waals surface area contributed by atoms with Gasteiger partial charge in [0.15, 0.2) is 6.61 Å². The normalized spacial score (nSPS) is 15.3. The molecule has 29 heavy (non-hydrogen) atoms. The lowest BCUT2D eigenvalue weighted by Gasteiger charge is -2.13. The van der Waals surface area contributed by atoms with Crippen LogP contribution in [0.25, 0.3) is 10.9 Å². The zero-order valence-electron chi connectivity index (χ0n) is 15.3. The summed E-state index contributed by atoms with van der Waals surface area (Å²) in [5.74, 6) is -0.0657. The van der Waals surface area contributed by atoms with Crippen LogP contribution in [0.1, 0.15) is 24.1 Å². The van der Waals surface area contributed by atoms with Gasteiger partial charge in [0, 0.05) is 36.6 Å². The van der Waals surface area contributed by atoms with Crippen LogP contribution in [0, 0.1) is 0 Å². The van der Waals surface area contributed by atoms with Crippen LogP contribution < -0.4 is 10.1 Å². The minimum Gasteiger partial charge on any atom is -0.468 e. The Morgan fingerprint density at radius 3 is 2.72 bits per heavy atom. The first-order chi connectivity index (χ1) is 13.9. The number of fused-ring (bicyclic) bond motifs is 1. The molecule has 7 nitrogen and oxygen atoms in total. The fraction of sp³-hybridized carbons (Fsp3) is 0.368. The van der Waals surface area contributed by atoms with E-state index in [2.05, 4.69) is 25.1 Å². The van der Waals surface area contributed by atoms with Crippen LogP contribution in [0.4, 0.5) is 13.2 Å². The van der Waals surface area contributed by atoms with Gasteiger partial charge in [-0.1, -0.05) is 6.07 Å². The second-order valence-corrected chi connectivity index (χ2v) is 6.99. The van der Waals surface area contributed by atoms with E-state index in [1.165, 1.54) is 12.3 Å². The van der Waals surface area contributed by atoms with Gasteiger partial charge in [0.25, 0.3) is 0 Å². The van der Waals surface area contributed by atoms with Crippen LogP contribution in [-0.2, 0) is 23.3 Å². The highest BCUT2D eigenvalue weighted by atomic mass is 19.4. The Kier molecular flexibility index (Phi) is 4.85. The van der Waals surface area contributed by atoms with Gasteiger partial charge in [-0.3, -0.25) is 14.5 Å². The van der Waals surface area contributed by atoms with Crippen molar-refractivity contribution in [2.24, 2.45) is 0 Å². The molecule has 0 bridgehead atoms. The van der Waals surface area contributed by atoms with E-state index in [4.69, 9.17) is 0 Å². The van der Waals surface area contributed by atoms with Crippen LogP contribution in [0.2, 0.25) is 0 Å². The Morgan fingerprint density at radius 1 is 1.24 bits per heavy atom. The van der Waals surface area contributed by atoms with Gasteiger partial charge in [-0.05, 0) is 30.9 Å². The molecule has 1 N–H and O–H groups in total. The van der Waals surface area contributed by atoms with Crippen molar-refractivity contribution in [1.29, 1.82) is 0 Å². The van der Waals surface area contributed by atoms with Gasteiger partial charge in [-0.25, -0.2) is 4.98 Å². The topological polar surface area (TPSA) is 81.9 Å². The van der Waals surface area contributed by atoms with E-state index < -0.39 is 18.3 Å². The molecule has 4 rings (SSSR count). The van der Waals surface area contributed by atoms with Crippen LogP contribution in [-0.4, -0.2) is 38.9 Å². The lowest BCUT2D eigenvalue weighted by atomic mass is 10.1. The van der Waals surface area contributed by atoms with E-state index in [0.29, 0.717) is 19.4 Å². The molecule has 0 aliphatic heterocycles. The van der Waals surface area contributed by atoms with Crippen molar-refractivity contribution in [1.82, 2.24) is 25.1 Å². The summed E-state index contributed by atoms with van der Waals surface area (Å²) in [6.07, 6.45) is 3.68. The average molecular weight is 405 g/mol. The molecule has 3 aromatic rings. The van der Waals surface area contributed by atoms with Gasteiger partial charge in [-0.2, -0.15) is 18.3 Å². The number of halogens is 3. The number of aryl methyl sites for hydroxylation is 2. The molecule has 0 radical (unpaired) electrons. The third kappa shape index (κ3) is 4.30. The Balaban J connectivity index is 1.43. The van der Waals surface area contributed by atoms with Crippen molar-refractivity contribution in [3.63, 3.8) is 0 Å². The number of alkyl halides is 3. The Bertz CT molecular complexity index is 1010. The van der Waals surface area contributed by atoms with Crippen molar-refractivity contribution in [3.05, 3.63) is 48.0 Å². The molecule has 1 aliphatic carbocycles. The predicted octanol–water partition coefficient (Wildman–Crippen LogP) is 2.75. The molecule has 0 aromatic carbocycles. The average Bonchev–Trinajstić information content (AvgIpc) is 3.34.